The van der Waals surface area contributed by atoms with E-state index in [1.807, 2.05) is 0 Å². The largest absolute Gasteiger partial charge is 0.367 e. The number of hydrazone groups is 1. The van der Waals surface area contributed by atoms with Gasteiger partial charge in [-0.15, -0.1) is 17.5 Å². The van der Waals surface area contributed by atoms with Crippen molar-refractivity contribution in [2.45, 2.75) is 0 Å². The molecular weight excluding hydrogens is 427 g/mol. The first kappa shape index (κ1) is 21.5. The number of benzene rings is 2. The summed E-state index contributed by atoms with van der Waals surface area (Å²) in [6, 6.07) is 10.0. The topological polar surface area (TPSA) is 75.1 Å². The van der Waals surface area contributed by atoms with Gasteiger partial charge in [0.2, 0.25) is 5.96 Å². The van der Waals surface area contributed by atoms with Gasteiger partial charge >= 0.3 is 0 Å². The van der Waals surface area contributed by atoms with Gasteiger partial charge in [-0.25, -0.2) is 5.43 Å². The van der Waals surface area contributed by atoms with E-state index in [0.717, 1.165) is 0 Å². The summed E-state index contributed by atoms with van der Waals surface area (Å²) < 4.78 is 0. The van der Waals surface area contributed by atoms with Crippen molar-refractivity contribution in [2.75, 3.05) is 0 Å². The molecule has 0 heterocycles. The summed E-state index contributed by atoms with van der Waals surface area (Å²) in [6.45, 7) is 0. The Labute approximate surface area is 170 Å². The quantitative estimate of drug-likeness (QED) is 0.400. The first-order chi connectivity index (χ1) is 11.4. The number of hydrogen-bond acceptors (Lipinski definition) is 3. The minimum absolute atomic E-state index is 0. The third kappa shape index (κ3) is 7.94. The second kappa shape index (κ2) is 10.5. The van der Waals surface area contributed by atoms with Crippen LogP contribution in [0.2, 0.25) is 20.1 Å². The SMILES string of the molecule is Cl.NC(=NN=Cc1cc(Cl)cc(Cl)c1)NN=Cc1cc(Cl)cc(Cl)c1. The predicted molar refractivity (Wildman–Crippen MR) is 110 cm³/mol. The van der Waals surface area contributed by atoms with E-state index in [9.17, 15) is 0 Å². The maximum Gasteiger partial charge on any atom is 0.234 e. The highest BCUT2D eigenvalue weighted by molar-refractivity contribution is 6.35. The van der Waals surface area contributed by atoms with E-state index in [0.29, 0.717) is 31.2 Å². The Morgan fingerprint density at radius 2 is 1.24 bits per heavy atom. The van der Waals surface area contributed by atoms with E-state index < -0.39 is 0 Å². The molecule has 25 heavy (non-hydrogen) atoms. The molecule has 0 spiro atoms. The molecule has 0 unspecified atom stereocenters. The fraction of sp³-hybridized carbons (Fsp3) is 0. The lowest BCUT2D eigenvalue weighted by Gasteiger charge is -1.98. The van der Waals surface area contributed by atoms with Crippen LogP contribution in [0.15, 0.2) is 51.7 Å². The van der Waals surface area contributed by atoms with E-state index in [2.05, 4.69) is 20.7 Å². The van der Waals surface area contributed by atoms with Gasteiger partial charge in [0.25, 0.3) is 0 Å². The lowest BCUT2D eigenvalue weighted by Crippen LogP contribution is -2.26. The van der Waals surface area contributed by atoms with Gasteiger partial charge in [-0.1, -0.05) is 46.4 Å². The summed E-state index contributed by atoms with van der Waals surface area (Å²) in [4.78, 5) is 0. The van der Waals surface area contributed by atoms with Gasteiger partial charge in [0, 0.05) is 20.1 Å². The zero-order valence-corrected chi connectivity index (χ0v) is 16.3. The van der Waals surface area contributed by atoms with Crippen molar-refractivity contribution in [2.24, 2.45) is 21.0 Å². The molecule has 2 aromatic carbocycles. The molecule has 0 aliphatic carbocycles. The van der Waals surface area contributed by atoms with Crippen molar-refractivity contribution in [1.29, 1.82) is 0 Å². The predicted octanol–water partition coefficient (Wildman–Crippen LogP) is 4.99. The van der Waals surface area contributed by atoms with Crippen LogP contribution in [-0.4, -0.2) is 18.4 Å². The fourth-order valence-electron chi connectivity index (χ4n) is 1.65. The molecule has 0 radical (unpaired) electrons. The molecule has 2 rings (SSSR count). The molecule has 0 aliphatic heterocycles. The maximum atomic E-state index is 5.89. The highest BCUT2D eigenvalue weighted by Crippen LogP contribution is 2.18. The van der Waals surface area contributed by atoms with Gasteiger partial charge in [-0.3, -0.25) is 0 Å². The van der Waals surface area contributed by atoms with Crippen molar-refractivity contribution in [1.82, 2.24) is 5.43 Å². The van der Waals surface area contributed by atoms with E-state index in [1.165, 1.54) is 12.4 Å². The van der Waals surface area contributed by atoms with Gasteiger partial charge in [0.05, 0.1) is 12.4 Å². The third-order valence-corrected chi connectivity index (χ3v) is 3.41. The average molecular weight is 440 g/mol. The molecule has 2 aromatic rings. The van der Waals surface area contributed by atoms with Crippen LogP contribution in [0, 0.1) is 0 Å². The second-order valence-electron chi connectivity index (χ2n) is 4.51. The Bertz CT molecular complexity index is 779. The van der Waals surface area contributed by atoms with Gasteiger partial charge in [-0.05, 0) is 47.5 Å². The second-order valence-corrected chi connectivity index (χ2v) is 6.25. The Hall–Kier alpha value is -1.50. The summed E-state index contributed by atoms with van der Waals surface area (Å²) in [7, 11) is 0. The standard InChI is InChI=1S/C15H11Cl4N5.ClH/c16-11-1-9(2-12(17)5-11)7-21-23-15(20)24-22-8-10-3-13(18)6-14(19)4-10;/h1-8H,(H3,20,23,24);1H. The Morgan fingerprint density at radius 1 is 0.800 bits per heavy atom. The number of hydrogen-bond donors (Lipinski definition) is 2. The molecule has 0 aromatic heterocycles. The first-order valence-corrected chi connectivity index (χ1v) is 8.01. The van der Waals surface area contributed by atoms with Crippen LogP contribution in [0.4, 0.5) is 0 Å². The number of guanidine groups is 1. The molecule has 0 amide bonds. The van der Waals surface area contributed by atoms with Crippen LogP contribution in [0.1, 0.15) is 11.1 Å². The Kier molecular flexibility index (Phi) is 9.03. The Balaban J connectivity index is 0.00000312. The van der Waals surface area contributed by atoms with Crippen LogP contribution < -0.4 is 11.2 Å². The van der Waals surface area contributed by atoms with E-state index in [4.69, 9.17) is 52.1 Å². The van der Waals surface area contributed by atoms with Crippen LogP contribution in [0.25, 0.3) is 0 Å². The van der Waals surface area contributed by atoms with E-state index >= 15 is 0 Å². The van der Waals surface area contributed by atoms with Crippen molar-refractivity contribution in [3.8, 4) is 0 Å². The summed E-state index contributed by atoms with van der Waals surface area (Å²) in [6.07, 6.45) is 2.97. The fourth-order valence-corrected chi connectivity index (χ4v) is 2.74. The normalized spacial score (nSPS) is 11.8. The van der Waals surface area contributed by atoms with Gasteiger partial charge < -0.3 is 5.73 Å². The molecule has 0 saturated carbocycles. The number of nitrogens with zero attached hydrogens (tertiary/aromatic N) is 3. The zero-order chi connectivity index (χ0) is 17.5. The number of nitrogens with two attached hydrogens (primary N) is 1. The van der Waals surface area contributed by atoms with Gasteiger partial charge in [-0.2, -0.15) is 10.2 Å². The minimum atomic E-state index is 0. The Morgan fingerprint density at radius 3 is 1.72 bits per heavy atom. The molecule has 0 fully saturated rings. The monoisotopic (exact) mass is 437 g/mol. The lowest BCUT2D eigenvalue weighted by molar-refractivity contribution is 0.994. The van der Waals surface area contributed by atoms with Crippen molar-refractivity contribution < 1.29 is 0 Å². The average Bonchev–Trinajstić information content (AvgIpc) is 2.45. The van der Waals surface area contributed by atoms with Crippen LogP contribution in [0.3, 0.4) is 0 Å². The molecule has 10 heteroatoms. The van der Waals surface area contributed by atoms with Crippen molar-refractivity contribution in [3.63, 3.8) is 0 Å². The van der Waals surface area contributed by atoms with Crippen LogP contribution >= 0.6 is 58.8 Å². The molecule has 0 saturated heterocycles. The van der Waals surface area contributed by atoms with Crippen LogP contribution in [-0.2, 0) is 0 Å². The molecular formula is C15H12Cl5N5. The van der Waals surface area contributed by atoms with E-state index in [1.54, 1.807) is 36.4 Å². The van der Waals surface area contributed by atoms with Gasteiger partial charge in [0.1, 0.15) is 0 Å². The zero-order valence-electron chi connectivity index (χ0n) is 12.5. The first-order valence-electron chi connectivity index (χ1n) is 6.50. The minimum Gasteiger partial charge on any atom is -0.367 e. The molecule has 3 N–H and O–H groups in total. The van der Waals surface area contributed by atoms with E-state index in [-0.39, 0.29) is 18.4 Å². The number of rotatable bonds is 4. The van der Waals surface area contributed by atoms with Crippen LogP contribution in [0.5, 0.6) is 0 Å². The maximum absolute atomic E-state index is 5.89. The summed E-state index contributed by atoms with van der Waals surface area (Å²) in [5.41, 5.74) is 9.56. The lowest BCUT2D eigenvalue weighted by atomic mass is 10.2. The molecule has 0 bridgehead atoms. The number of halogens is 5. The molecule has 0 atom stereocenters. The number of nitrogens with one attached hydrogen (secondary N) is 1. The van der Waals surface area contributed by atoms with Crippen molar-refractivity contribution >= 4 is 77.2 Å². The summed E-state index contributed by atoms with van der Waals surface area (Å²) in [5.74, 6) is 0.00347. The highest BCUT2D eigenvalue weighted by Gasteiger charge is 1.96. The highest BCUT2D eigenvalue weighted by atomic mass is 35.5. The van der Waals surface area contributed by atoms with Gasteiger partial charge in [0.15, 0.2) is 0 Å². The molecule has 132 valence electrons. The smallest absolute Gasteiger partial charge is 0.234 e. The third-order valence-electron chi connectivity index (χ3n) is 2.53. The summed E-state index contributed by atoms with van der Waals surface area (Å²) in [5, 5.41) is 13.5. The molecule has 5 nitrogen and oxygen atoms in total. The van der Waals surface area contributed by atoms with Crippen molar-refractivity contribution in [3.05, 3.63) is 67.6 Å². The summed E-state index contributed by atoms with van der Waals surface area (Å²) >= 11 is 23.5. The molecule has 0 aliphatic rings.